The van der Waals surface area contributed by atoms with E-state index in [0.717, 1.165) is 24.3 Å². The fraction of sp³-hybridized carbons (Fsp3) is 0.733. The van der Waals surface area contributed by atoms with E-state index in [1.54, 1.807) is 0 Å². The molecule has 2 fully saturated rings. The van der Waals surface area contributed by atoms with Crippen molar-refractivity contribution in [3.63, 3.8) is 0 Å². The van der Waals surface area contributed by atoms with Crippen LogP contribution in [0, 0.1) is 12.3 Å². The Hall–Kier alpha value is -0.980. The van der Waals surface area contributed by atoms with Crippen LogP contribution in [0.4, 0.5) is 0 Å². The summed E-state index contributed by atoms with van der Waals surface area (Å²) < 4.78 is 5.75. The first kappa shape index (κ1) is 14.9. The number of likely N-dealkylation sites (tertiary alicyclic amines) is 1. The summed E-state index contributed by atoms with van der Waals surface area (Å²) in [6.45, 7) is 5.93. The number of thiazole rings is 1. The van der Waals surface area contributed by atoms with Gasteiger partial charge in [-0.3, -0.25) is 4.79 Å². The zero-order chi connectivity index (χ0) is 15.0. The second-order valence-electron chi connectivity index (χ2n) is 5.97. The first-order chi connectivity index (χ1) is 10.1. The molecule has 21 heavy (non-hydrogen) atoms. The zero-order valence-corrected chi connectivity index (χ0v) is 13.4. The third-order valence-corrected chi connectivity index (χ3v) is 5.70. The van der Waals surface area contributed by atoms with Crippen LogP contribution in [-0.4, -0.2) is 52.8 Å². The molecule has 1 spiro atoms. The van der Waals surface area contributed by atoms with Crippen LogP contribution < -0.4 is 0 Å². The van der Waals surface area contributed by atoms with Gasteiger partial charge in [0.15, 0.2) is 0 Å². The number of aryl methyl sites for hydroxylation is 1. The van der Waals surface area contributed by atoms with Crippen molar-refractivity contribution in [3.05, 3.63) is 16.1 Å². The zero-order valence-electron chi connectivity index (χ0n) is 12.5. The molecule has 2 atom stereocenters. The number of rotatable bonds is 3. The van der Waals surface area contributed by atoms with E-state index in [2.05, 4.69) is 4.98 Å². The molecule has 0 unspecified atom stereocenters. The van der Waals surface area contributed by atoms with Gasteiger partial charge in [0.05, 0.1) is 17.2 Å². The highest BCUT2D eigenvalue weighted by atomic mass is 32.1. The fourth-order valence-corrected chi connectivity index (χ4v) is 4.15. The molecule has 6 heteroatoms. The number of aliphatic hydroxyl groups excluding tert-OH is 1. The molecule has 2 aliphatic rings. The minimum Gasteiger partial charge on any atom is -0.392 e. The summed E-state index contributed by atoms with van der Waals surface area (Å²) in [5.74, 6) is 0.0102. The van der Waals surface area contributed by atoms with E-state index in [4.69, 9.17) is 4.74 Å². The minimum absolute atomic E-state index is 0.0102. The van der Waals surface area contributed by atoms with Gasteiger partial charge in [-0.1, -0.05) is 0 Å². The topological polar surface area (TPSA) is 62.7 Å². The average molecular weight is 310 g/mol. The van der Waals surface area contributed by atoms with Crippen molar-refractivity contribution in [1.82, 2.24) is 9.88 Å². The Morgan fingerprint density at radius 1 is 1.57 bits per heavy atom. The van der Waals surface area contributed by atoms with Gasteiger partial charge in [-0.25, -0.2) is 4.98 Å². The van der Waals surface area contributed by atoms with Gasteiger partial charge in [0.2, 0.25) is 0 Å². The Morgan fingerprint density at radius 3 is 2.81 bits per heavy atom. The summed E-state index contributed by atoms with van der Waals surface area (Å²) in [6, 6.07) is 0. The Morgan fingerprint density at radius 2 is 2.29 bits per heavy atom. The molecule has 0 radical (unpaired) electrons. The highest BCUT2D eigenvalue weighted by Crippen LogP contribution is 2.51. The summed E-state index contributed by atoms with van der Waals surface area (Å²) in [5.41, 5.74) is 0.411. The predicted octanol–water partition coefficient (Wildman–Crippen LogP) is 1.84. The van der Waals surface area contributed by atoms with Gasteiger partial charge in [-0.15, -0.1) is 11.3 Å². The van der Waals surface area contributed by atoms with Crippen LogP contribution in [0.5, 0.6) is 0 Å². The van der Waals surface area contributed by atoms with Crippen LogP contribution >= 0.6 is 11.3 Å². The second-order valence-corrected chi connectivity index (χ2v) is 7.03. The van der Waals surface area contributed by atoms with Gasteiger partial charge < -0.3 is 14.7 Å². The molecule has 116 valence electrons. The standard InChI is InChI=1S/C15H22N2O3S/c1-3-20-13-8-12(18)15(13)4-6-17(7-5-15)14(19)11-9-21-10(2)16-11/h9,12-13,18H,3-8H2,1-2H3/t12-,13-/m0/s1. The number of hydrogen-bond acceptors (Lipinski definition) is 5. The molecule has 1 aliphatic carbocycles. The average Bonchev–Trinajstić information content (AvgIpc) is 2.93. The fourth-order valence-electron chi connectivity index (χ4n) is 3.57. The number of carbonyl (C=O) groups excluding carboxylic acids is 1. The van der Waals surface area contributed by atoms with Crippen molar-refractivity contribution in [2.45, 2.75) is 45.3 Å². The molecule has 1 saturated heterocycles. The SMILES string of the molecule is CCO[C@H]1C[C@H](O)C12CCN(C(=O)c1csc(C)n1)CC2. The summed E-state index contributed by atoms with van der Waals surface area (Å²) in [7, 11) is 0. The van der Waals surface area contributed by atoms with Gasteiger partial charge in [0.1, 0.15) is 5.69 Å². The number of carbonyl (C=O) groups is 1. The molecule has 1 saturated carbocycles. The predicted molar refractivity (Wildman–Crippen MR) is 80.5 cm³/mol. The number of aliphatic hydroxyl groups is 1. The lowest BCUT2D eigenvalue weighted by molar-refractivity contribution is -0.207. The van der Waals surface area contributed by atoms with E-state index >= 15 is 0 Å². The molecule has 0 aromatic carbocycles. The Labute approximate surface area is 128 Å². The maximum atomic E-state index is 12.4. The van der Waals surface area contributed by atoms with Crippen molar-refractivity contribution in [2.75, 3.05) is 19.7 Å². The second kappa shape index (κ2) is 5.66. The smallest absolute Gasteiger partial charge is 0.273 e. The Balaban J connectivity index is 1.63. The van der Waals surface area contributed by atoms with E-state index in [-0.39, 0.29) is 23.5 Å². The molecule has 1 amide bonds. The van der Waals surface area contributed by atoms with Crippen molar-refractivity contribution in [3.8, 4) is 0 Å². The van der Waals surface area contributed by atoms with Crippen LogP contribution in [0.3, 0.4) is 0 Å². The molecule has 0 bridgehead atoms. The lowest BCUT2D eigenvalue weighted by atomic mass is 9.58. The van der Waals surface area contributed by atoms with E-state index in [9.17, 15) is 9.90 Å². The van der Waals surface area contributed by atoms with Gasteiger partial charge >= 0.3 is 0 Å². The molecular formula is C15H22N2O3S. The normalized spacial score (nSPS) is 27.7. The van der Waals surface area contributed by atoms with Crippen molar-refractivity contribution in [1.29, 1.82) is 0 Å². The number of hydrogen-bond donors (Lipinski definition) is 1. The van der Waals surface area contributed by atoms with Gasteiger partial charge in [0.25, 0.3) is 5.91 Å². The monoisotopic (exact) mass is 310 g/mol. The molecule has 5 nitrogen and oxygen atoms in total. The third-order valence-electron chi connectivity index (χ3n) is 4.93. The maximum absolute atomic E-state index is 12.4. The molecule has 1 N–H and O–H groups in total. The van der Waals surface area contributed by atoms with Gasteiger partial charge in [0, 0.05) is 36.9 Å². The van der Waals surface area contributed by atoms with E-state index in [0.29, 0.717) is 25.4 Å². The first-order valence-electron chi connectivity index (χ1n) is 7.58. The van der Waals surface area contributed by atoms with E-state index in [1.807, 2.05) is 24.1 Å². The molecular weight excluding hydrogens is 288 g/mol. The summed E-state index contributed by atoms with van der Waals surface area (Å²) >= 11 is 1.50. The Kier molecular flexibility index (Phi) is 4.03. The van der Waals surface area contributed by atoms with Gasteiger partial charge in [-0.2, -0.15) is 0 Å². The summed E-state index contributed by atoms with van der Waals surface area (Å²) in [4.78, 5) is 18.5. The lowest BCUT2D eigenvalue weighted by Crippen LogP contribution is -2.62. The van der Waals surface area contributed by atoms with Crippen molar-refractivity contribution >= 4 is 17.2 Å². The van der Waals surface area contributed by atoms with Crippen LogP contribution in [0.1, 0.15) is 41.7 Å². The maximum Gasteiger partial charge on any atom is 0.273 e. The van der Waals surface area contributed by atoms with Crippen LogP contribution in [-0.2, 0) is 4.74 Å². The van der Waals surface area contributed by atoms with Gasteiger partial charge in [-0.05, 0) is 26.7 Å². The van der Waals surface area contributed by atoms with E-state index in [1.165, 1.54) is 11.3 Å². The van der Waals surface area contributed by atoms with Crippen molar-refractivity contribution < 1.29 is 14.6 Å². The molecule has 1 aromatic rings. The molecule has 1 aromatic heterocycles. The highest BCUT2D eigenvalue weighted by Gasteiger charge is 2.56. The lowest BCUT2D eigenvalue weighted by Gasteiger charge is -2.56. The number of ether oxygens (including phenoxy) is 1. The van der Waals surface area contributed by atoms with E-state index < -0.39 is 0 Å². The summed E-state index contributed by atoms with van der Waals surface area (Å²) in [5, 5.41) is 12.9. The number of nitrogens with zero attached hydrogens (tertiary/aromatic N) is 2. The quantitative estimate of drug-likeness (QED) is 0.925. The summed E-state index contributed by atoms with van der Waals surface area (Å²) in [6.07, 6.45) is 2.22. The number of amides is 1. The molecule has 2 heterocycles. The largest absolute Gasteiger partial charge is 0.392 e. The van der Waals surface area contributed by atoms with Crippen molar-refractivity contribution in [2.24, 2.45) is 5.41 Å². The van der Waals surface area contributed by atoms with Crippen LogP contribution in [0.15, 0.2) is 5.38 Å². The Bertz CT molecular complexity index is 521. The highest BCUT2D eigenvalue weighted by molar-refractivity contribution is 7.09. The third kappa shape index (κ3) is 2.49. The first-order valence-corrected chi connectivity index (χ1v) is 8.46. The van der Waals surface area contributed by atoms with Crippen LogP contribution in [0.2, 0.25) is 0 Å². The molecule has 1 aliphatic heterocycles. The number of aromatic nitrogens is 1. The minimum atomic E-state index is -0.284. The molecule has 3 rings (SSSR count). The number of piperidine rings is 1. The van der Waals surface area contributed by atoms with Crippen LogP contribution in [0.25, 0.3) is 0 Å².